The first-order chi connectivity index (χ1) is 8.49. The van der Waals surface area contributed by atoms with E-state index in [0.29, 0.717) is 0 Å². The van der Waals surface area contributed by atoms with Crippen LogP contribution in [-0.2, 0) is 12.8 Å². The van der Waals surface area contributed by atoms with Crippen LogP contribution in [0.25, 0.3) is 0 Å². The molecule has 2 unspecified atom stereocenters. The minimum atomic E-state index is -0.497. The minimum Gasteiger partial charge on any atom is -0.303 e. The fourth-order valence-electron chi connectivity index (χ4n) is 2.19. The van der Waals surface area contributed by atoms with Gasteiger partial charge in [-0.2, -0.15) is 10.4 Å². The van der Waals surface area contributed by atoms with Crippen LogP contribution in [0.1, 0.15) is 51.5 Å². The summed E-state index contributed by atoms with van der Waals surface area (Å²) in [5.41, 5.74) is 1.88. The van der Waals surface area contributed by atoms with Crippen molar-refractivity contribution in [2.75, 3.05) is 7.05 Å². The van der Waals surface area contributed by atoms with Crippen molar-refractivity contribution in [2.24, 2.45) is 0 Å². The van der Waals surface area contributed by atoms with E-state index in [4.69, 9.17) is 0 Å². The van der Waals surface area contributed by atoms with Crippen molar-refractivity contribution >= 4 is 0 Å². The van der Waals surface area contributed by atoms with Crippen LogP contribution in [-0.4, -0.2) is 22.4 Å². The lowest BCUT2D eigenvalue weighted by atomic mass is 9.95. The lowest BCUT2D eigenvalue weighted by Crippen LogP contribution is -2.40. The molecule has 0 saturated carbocycles. The molecule has 1 heterocycles. The van der Waals surface area contributed by atoms with Gasteiger partial charge < -0.3 is 5.32 Å². The SMILES string of the molecule is CCc1cc(CC)n(C(C)CC(C)(C#N)NC)n1. The van der Waals surface area contributed by atoms with Crippen molar-refractivity contribution in [2.45, 2.75) is 58.5 Å². The molecule has 4 nitrogen and oxygen atoms in total. The Bertz CT molecular complexity index is 429. The summed E-state index contributed by atoms with van der Waals surface area (Å²) < 4.78 is 2.08. The Balaban J connectivity index is 2.93. The van der Waals surface area contributed by atoms with E-state index in [-0.39, 0.29) is 6.04 Å². The molecule has 0 bridgehead atoms. The number of nitrogens with one attached hydrogen (secondary N) is 1. The van der Waals surface area contributed by atoms with Gasteiger partial charge in [0.1, 0.15) is 5.54 Å². The molecule has 0 radical (unpaired) electrons. The van der Waals surface area contributed by atoms with Crippen molar-refractivity contribution in [3.63, 3.8) is 0 Å². The molecule has 2 atom stereocenters. The molecule has 0 amide bonds. The van der Waals surface area contributed by atoms with E-state index in [9.17, 15) is 5.26 Å². The summed E-state index contributed by atoms with van der Waals surface area (Å²) >= 11 is 0. The first kappa shape index (κ1) is 14.7. The Hall–Kier alpha value is -1.34. The molecule has 100 valence electrons. The van der Waals surface area contributed by atoms with Gasteiger partial charge in [0.15, 0.2) is 0 Å². The number of rotatable bonds is 6. The molecular weight excluding hydrogens is 224 g/mol. The Morgan fingerprint density at radius 1 is 1.50 bits per heavy atom. The first-order valence-electron chi connectivity index (χ1n) is 6.67. The molecular formula is C14H24N4. The van der Waals surface area contributed by atoms with Gasteiger partial charge in [0.05, 0.1) is 17.8 Å². The molecule has 0 aliphatic rings. The molecule has 0 aliphatic carbocycles. The molecule has 4 heteroatoms. The second-order valence-electron chi connectivity index (χ2n) is 5.03. The van der Waals surface area contributed by atoms with Crippen LogP contribution >= 0.6 is 0 Å². The molecule has 0 saturated heterocycles. The summed E-state index contributed by atoms with van der Waals surface area (Å²) in [4.78, 5) is 0. The maximum absolute atomic E-state index is 9.22. The number of nitrogens with zero attached hydrogens (tertiary/aromatic N) is 3. The summed E-state index contributed by atoms with van der Waals surface area (Å²) in [5.74, 6) is 0. The van der Waals surface area contributed by atoms with Gasteiger partial charge in [-0.1, -0.05) is 13.8 Å². The number of hydrogen-bond donors (Lipinski definition) is 1. The van der Waals surface area contributed by atoms with Crippen LogP contribution in [0.2, 0.25) is 0 Å². The summed E-state index contributed by atoms with van der Waals surface area (Å²) in [7, 11) is 1.83. The predicted molar refractivity (Wildman–Crippen MR) is 73.4 cm³/mol. The Morgan fingerprint density at radius 2 is 2.17 bits per heavy atom. The minimum absolute atomic E-state index is 0.220. The van der Waals surface area contributed by atoms with Gasteiger partial charge >= 0.3 is 0 Å². The highest BCUT2D eigenvalue weighted by molar-refractivity contribution is 5.12. The zero-order valence-electron chi connectivity index (χ0n) is 12.1. The fourth-order valence-corrected chi connectivity index (χ4v) is 2.19. The van der Waals surface area contributed by atoms with Crippen molar-refractivity contribution in [1.29, 1.82) is 5.26 Å². The van der Waals surface area contributed by atoms with Crippen LogP contribution in [0, 0.1) is 11.3 Å². The predicted octanol–water partition coefficient (Wildman–Crippen LogP) is 2.46. The molecule has 0 fully saturated rings. The van der Waals surface area contributed by atoms with Gasteiger partial charge in [-0.3, -0.25) is 4.68 Å². The van der Waals surface area contributed by atoms with Crippen molar-refractivity contribution in [1.82, 2.24) is 15.1 Å². The molecule has 1 N–H and O–H groups in total. The molecule has 1 rings (SSSR count). The van der Waals surface area contributed by atoms with Crippen molar-refractivity contribution < 1.29 is 0 Å². The molecule has 18 heavy (non-hydrogen) atoms. The molecule has 1 aromatic heterocycles. The third-order valence-corrected chi connectivity index (χ3v) is 3.51. The van der Waals surface area contributed by atoms with E-state index in [2.05, 4.69) is 48.0 Å². The summed E-state index contributed by atoms with van der Waals surface area (Å²) in [6.45, 7) is 8.31. The number of aromatic nitrogens is 2. The largest absolute Gasteiger partial charge is 0.303 e. The maximum Gasteiger partial charge on any atom is 0.105 e. The molecule has 0 spiro atoms. The molecule has 0 aliphatic heterocycles. The summed E-state index contributed by atoms with van der Waals surface area (Å²) in [6, 6.07) is 4.72. The van der Waals surface area contributed by atoms with Gasteiger partial charge in [-0.25, -0.2) is 0 Å². The standard InChI is InChI=1S/C14H24N4/c1-6-12-8-13(7-2)18(17-12)11(3)9-14(4,10-15)16-5/h8,11,16H,6-7,9H2,1-5H3. The second kappa shape index (κ2) is 6.01. The third kappa shape index (κ3) is 3.11. The topological polar surface area (TPSA) is 53.6 Å². The van der Waals surface area contributed by atoms with Crippen LogP contribution in [0.4, 0.5) is 0 Å². The van der Waals surface area contributed by atoms with Crippen LogP contribution in [0.15, 0.2) is 6.07 Å². The summed E-state index contributed by atoms with van der Waals surface area (Å²) in [5, 5.41) is 16.9. The monoisotopic (exact) mass is 248 g/mol. The van der Waals surface area contributed by atoms with E-state index in [1.165, 1.54) is 5.69 Å². The Morgan fingerprint density at radius 3 is 2.61 bits per heavy atom. The van der Waals surface area contributed by atoms with Gasteiger partial charge in [-0.05, 0) is 39.8 Å². The van der Waals surface area contributed by atoms with Gasteiger partial charge in [0.2, 0.25) is 0 Å². The molecule has 0 aromatic carbocycles. The number of nitriles is 1. The van der Waals surface area contributed by atoms with Crippen LogP contribution < -0.4 is 5.32 Å². The third-order valence-electron chi connectivity index (χ3n) is 3.51. The molecule has 1 aromatic rings. The van der Waals surface area contributed by atoms with Gasteiger partial charge in [0.25, 0.3) is 0 Å². The van der Waals surface area contributed by atoms with Gasteiger partial charge in [-0.15, -0.1) is 0 Å². The summed E-state index contributed by atoms with van der Waals surface area (Å²) in [6.07, 6.45) is 2.67. The first-order valence-corrected chi connectivity index (χ1v) is 6.67. The smallest absolute Gasteiger partial charge is 0.105 e. The quantitative estimate of drug-likeness (QED) is 0.841. The lowest BCUT2D eigenvalue weighted by molar-refractivity contribution is 0.342. The van der Waals surface area contributed by atoms with E-state index < -0.39 is 5.54 Å². The second-order valence-corrected chi connectivity index (χ2v) is 5.03. The average Bonchev–Trinajstić information content (AvgIpc) is 2.81. The highest BCUT2D eigenvalue weighted by Gasteiger charge is 2.26. The van der Waals surface area contributed by atoms with E-state index in [1.807, 2.05) is 14.0 Å². The van der Waals surface area contributed by atoms with Crippen LogP contribution in [0.5, 0.6) is 0 Å². The number of hydrogen-bond acceptors (Lipinski definition) is 3. The normalized spacial score (nSPS) is 16.0. The Labute approximate surface area is 110 Å². The highest BCUT2D eigenvalue weighted by Crippen LogP contribution is 2.22. The van der Waals surface area contributed by atoms with Crippen LogP contribution in [0.3, 0.4) is 0 Å². The zero-order chi connectivity index (χ0) is 13.8. The highest BCUT2D eigenvalue weighted by atomic mass is 15.3. The zero-order valence-corrected chi connectivity index (χ0v) is 12.1. The Kier molecular flexibility index (Phi) is 4.92. The number of aryl methyl sites for hydroxylation is 2. The van der Waals surface area contributed by atoms with Crippen molar-refractivity contribution in [3.05, 3.63) is 17.5 Å². The van der Waals surface area contributed by atoms with E-state index >= 15 is 0 Å². The fraction of sp³-hybridized carbons (Fsp3) is 0.714. The maximum atomic E-state index is 9.22. The van der Waals surface area contributed by atoms with Gasteiger partial charge in [0, 0.05) is 12.1 Å². The average molecular weight is 248 g/mol. The lowest BCUT2D eigenvalue weighted by Gasteiger charge is -2.25. The van der Waals surface area contributed by atoms with E-state index in [1.54, 1.807) is 0 Å². The van der Waals surface area contributed by atoms with Crippen molar-refractivity contribution in [3.8, 4) is 6.07 Å². The van der Waals surface area contributed by atoms with E-state index in [0.717, 1.165) is 25.0 Å².